The summed E-state index contributed by atoms with van der Waals surface area (Å²) < 4.78 is 5.05. The van der Waals surface area contributed by atoms with Gasteiger partial charge in [-0.2, -0.15) is 0 Å². The van der Waals surface area contributed by atoms with Gasteiger partial charge < -0.3 is 15.0 Å². The molecule has 2 aromatic rings. The van der Waals surface area contributed by atoms with E-state index >= 15 is 0 Å². The van der Waals surface area contributed by atoms with Gasteiger partial charge in [0, 0.05) is 52.2 Å². The minimum absolute atomic E-state index is 0.0995. The van der Waals surface area contributed by atoms with E-state index in [0.717, 1.165) is 5.56 Å². The van der Waals surface area contributed by atoms with Crippen LogP contribution in [0.2, 0.25) is 0 Å². The molecule has 0 fully saturated rings. The normalized spacial score (nSPS) is 10.3. The highest BCUT2D eigenvalue weighted by atomic mass is 16.5. The number of aromatic nitrogens is 2. The molecule has 7 heteroatoms. The van der Waals surface area contributed by atoms with Crippen LogP contribution in [0, 0.1) is 0 Å². The van der Waals surface area contributed by atoms with Gasteiger partial charge in [-0.25, -0.2) is 4.98 Å². The lowest BCUT2D eigenvalue weighted by Crippen LogP contribution is -2.36. The Morgan fingerprint density at radius 2 is 1.96 bits per heavy atom. The van der Waals surface area contributed by atoms with Crippen molar-refractivity contribution in [1.29, 1.82) is 0 Å². The Labute approximate surface area is 153 Å². The van der Waals surface area contributed by atoms with E-state index in [-0.39, 0.29) is 23.9 Å². The molecule has 0 radical (unpaired) electrons. The lowest BCUT2D eigenvalue weighted by atomic mass is 10.2. The third kappa shape index (κ3) is 6.60. The standard InChI is InChI=1S/C19H24N4O3/c1-26-13-5-11-23(19(25)17-15-20-9-10-21-17)12-8-18(24)22-14-16-6-3-2-4-7-16/h2-4,6-7,9-10,15H,5,8,11-14H2,1H3,(H,22,24). The predicted octanol–water partition coefficient (Wildman–Crippen LogP) is 1.66. The van der Waals surface area contributed by atoms with E-state index in [9.17, 15) is 9.59 Å². The smallest absolute Gasteiger partial charge is 0.274 e. The average molecular weight is 356 g/mol. The molecule has 2 amide bonds. The molecule has 138 valence electrons. The molecule has 0 spiro atoms. The van der Waals surface area contributed by atoms with Gasteiger partial charge in [0.2, 0.25) is 5.91 Å². The van der Waals surface area contributed by atoms with Crippen molar-refractivity contribution in [2.24, 2.45) is 0 Å². The molecule has 2 rings (SSSR count). The highest BCUT2D eigenvalue weighted by Gasteiger charge is 2.18. The van der Waals surface area contributed by atoms with E-state index in [1.165, 1.54) is 18.6 Å². The molecule has 0 saturated heterocycles. The van der Waals surface area contributed by atoms with Crippen LogP contribution in [0.15, 0.2) is 48.9 Å². The molecule has 0 saturated carbocycles. The van der Waals surface area contributed by atoms with Gasteiger partial charge in [0.05, 0.1) is 6.20 Å². The zero-order valence-electron chi connectivity index (χ0n) is 14.9. The summed E-state index contributed by atoms with van der Waals surface area (Å²) in [7, 11) is 1.62. The summed E-state index contributed by atoms with van der Waals surface area (Å²) in [5.41, 5.74) is 1.31. The lowest BCUT2D eigenvalue weighted by molar-refractivity contribution is -0.121. The van der Waals surface area contributed by atoms with E-state index in [1.807, 2.05) is 30.3 Å². The van der Waals surface area contributed by atoms with E-state index in [4.69, 9.17) is 4.74 Å². The van der Waals surface area contributed by atoms with Crippen molar-refractivity contribution in [3.63, 3.8) is 0 Å². The number of hydrogen-bond donors (Lipinski definition) is 1. The first-order valence-electron chi connectivity index (χ1n) is 8.55. The minimum Gasteiger partial charge on any atom is -0.385 e. The van der Waals surface area contributed by atoms with Crippen molar-refractivity contribution in [3.05, 3.63) is 60.2 Å². The molecular formula is C19H24N4O3. The van der Waals surface area contributed by atoms with E-state index < -0.39 is 0 Å². The monoisotopic (exact) mass is 356 g/mol. The van der Waals surface area contributed by atoms with Crippen LogP contribution in [0.3, 0.4) is 0 Å². The molecule has 0 bridgehead atoms. The highest BCUT2D eigenvalue weighted by molar-refractivity contribution is 5.92. The number of ether oxygens (including phenoxy) is 1. The second-order valence-electron chi connectivity index (χ2n) is 5.74. The van der Waals surface area contributed by atoms with Gasteiger partial charge in [0.25, 0.3) is 5.91 Å². The van der Waals surface area contributed by atoms with Crippen LogP contribution in [0.4, 0.5) is 0 Å². The Bertz CT molecular complexity index is 680. The summed E-state index contributed by atoms with van der Waals surface area (Å²) in [6, 6.07) is 9.70. The zero-order chi connectivity index (χ0) is 18.6. The Morgan fingerprint density at radius 1 is 1.15 bits per heavy atom. The Kier molecular flexibility index (Phi) is 8.21. The quantitative estimate of drug-likeness (QED) is 0.655. The fraction of sp³-hybridized carbons (Fsp3) is 0.368. The third-order valence-corrected chi connectivity index (χ3v) is 3.79. The minimum atomic E-state index is -0.231. The molecule has 0 aliphatic rings. The number of hydrogen-bond acceptors (Lipinski definition) is 5. The molecule has 1 N–H and O–H groups in total. The maximum atomic E-state index is 12.6. The summed E-state index contributed by atoms with van der Waals surface area (Å²) in [4.78, 5) is 34.3. The predicted molar refractivity (Wildman–Crippen MR) is 97.3 cm³/mol. The maximum Gasteiger partial charge on any atom is 0.274 e. The summed E-state index contributed by atoms with van der Waals surface area (Å²) in [5, 5.41) is 2.87. The number of carbonyl (C=O) groups is 2. The Balaban J connectivity index is 1.87. The number of benzene rings is 1. The average Bonchev–Trinajstić information content (AvgIpc) is 2.70. The fourth-order valence-corrected chi connectivity index (χ4v) is 2.41. The van der Waals surface area contributed by atoms with Gasteiger partial charge in [0.1, 0.15) is 5.69 Å². The summed E-state index contributed by atoms with van der Waals surface area (Å²) in [6.07, 6.45) is 5.34. The van der Waals surface area contributed by atoms with Gasteiger partial charge in [-0.1, -0.05) is 30.3 Å². The van der Waals surface area contributed by atoms with Crippen molar-refractivity contribution >= 4 is 11.8 Å². The van der Waals surface area contributed by atoms with Crippen molar-refractivity contribution < 1.29 is 14.3 Å². The number of amides is 2. The largest absolute Gasteiger partial charge is 0.385 e. The number of nitrogens with one attached hydrogen (secondary N) is 1. The summed E-state index contributed by atoms with van der Waals surface area (Å²) in [5.74, 6) is -0.331. The molecule has 0 unspecified atom stereocenters. The van der Waals surface area contributed by atoms with Crippen LogP contribution in [-0.2, 0) is 16.1 Å². The van der Waals surface area contributed by atoms with Gasteiger partial charge in [-0.15, -0.1) is 0 Å². The van der Waals surface area contributed by atoms with Gasteiger partial charge in [-0.3, -0.25) is 14.6 Å². The summed E-state index contributed by atoms with van der Waals surface area (Å²) >= 11 is 0. The molecule has 7 nitrogen and oxygen atoms in total. The van der Waals surface area contributed by atoms with E-state index in [0.29, 0.717) is 32.7 Å². The Morgan fingerprint density at radius 3 is 2.65 bits per heavy atom. The summed E-state index contributed by atoms with van der Waals surface area (Å²) in [6.45, 7) is 1.83. The number of methoxy groups -OCH3 is 1. The highest BCUT2D eigenvalue weighted by Crippen LogP contribution is 2.04. The van der Waals surface area contributed by atoms with E-state index in [2.05, 4.69) is 15.3 Å². The van der Waals surface area contributed by atoms with Crippen LogP contribution in [0.1, 0.15) is 28.9 Å². The first-order valence-corrected chi connectivity index (χ1v) is 8.55. The van der Waals surface area contributed by atoms with Crippen molar-refractivity contribution in [2.45, 2.75) is 19.4 Å². The Hall–Kier alpha value is -2.80. The third-order valence-electron chi connectivity index (χ3n) is 3.79. The molecule has 1 aromatic heterocycles. The first kappa shape index (κ1) is 19.5. The first-order chi connectivity index (χ1) is 12.7. The van der Waals surface area contributed by atoms with Crippen LogP contribution in [0.25, 0.3) is 0 Å². The van der Waals surface area contributed by atoms with Crippen molar-refractivity contribution in [3.8, 4) is 0 Å². The van der Waals surface area contributed by atoms with Crippen LogP contribution in [-0.4, -0.2) is 53.5 Å². The zero-order valence-corrected chi connectivity index (χ0v) is 14.9. The van der Waals surface area contributed by atoms with Crippen molar-refractivity contribution in [1.82, 2.24) is 20.2 Å². The number of carbonyl (C=O) groups excluding carboxylic acids is 2. The maximum absolute atomic E-state index is 12.6. The van der Waals surface area contributed by atoms with Crippen molar-refractivity contribution in [2.75, 3.05) is 26.8 Å². The van der Waals surface area contributed by atoms with Crippen LogP contribution >= 0.6 is 0 Å². The molecule has 26 heavy (non-hydrogen) atoms. The van der Waals surface area contributed by atoms with Gasteiger partial charge in [-0.05, 0) is 12.0 Å². The number of nitrogens with zero attached hydrogens (tertiary/aromatic N) is 3. The van der Waals surface area contributed by atoms with Gasteiger partial charge in [0.15, 0.2) is 0 Å². The number of rotatable bonds is 10. The molecule has 1 aromatic carbocycles. The molecule has 0 atom stereocenters. The molecular weight excluding hydrogens is 332 g/mol. The van der Waals surface area contributed by atoms with Crippen LogP contribution in [0.5, 0.6) is 0 Å². The van der Waals surface area contributed by atoms with E-state index in [1.54, 1.807) is 12.0 Å². The second kappa shape index (κ2) is 10.9. The fourth-order valence-electron chi connectivity index (χ4n) is 2.41. The topological polar surface area (TPSA) is 84.4 Å². The lowest BCUT2D eigenvalue weighted by Gasteiger charge is -2.22. The second-order valence-corrected chi connectivity index (χ2v) is 5.74. The van der Waals surface area contributed by atoms with Crippen LogP contribution < -0.4 is 5.32 Å². The molecule has 0 aliphatic carbocycles. The van der Waals surface area contributed by atoms with Gasteiger partial charge >= 0.3 is 0 Å². The molecule has 1 heterocycles. The SMILES string of the molecule is COCCCN(CCC(=O)NCc1ccccc1)C(=O)c1cnccn1. The molecule has 0 aliphatic heterocycles.